The van der Waals surface area contributed by atoms with Crippen LogP contribution >= 0.6 is 0 Å². The van der Waals surface area contributed by atoms with Crippen LogP contribution in [0.3, 0.4) is 0 Å². The Hall–Kier alpha value is -3.89. The third-order valence-electron chi connectivity index (χ3n) is 6.71. The molecule has 0 unspecified atom stereocenters. The van der Waals surface area contributed by atoms with Crippen molar-refractivity contribution in [3.63, 3.8) is 0 Å². The average molecular weight is 531 g/mol. The zero-order valence-corrected chi connectivity index (χ0v) is 20.8. The Kier molecular flexibility index (Phi) is 8.03. The van der Waals surface area contributed by atoms with E-state index >= 15 is 0 Å². The van der Waals surface area contributed by atoms with Gasteiger partial charge in [-0.15, -0.1) is 0 Å². The number of hydrogen-bond donors (Lipinski definition) is 2. The minimum atomic E-state index is -4.51. The van der Waals surface area contributed by atoms with Crippen LogP contribution in [0.5, 0.6) is 5.75 Å². The molecule has 3 atom stereocenters. The van der Waals surface area contributed by atoms with Gasteiger partial charge in [0.2, 0.25) is 18.0 Å². The van der Waals surface area contributed by atoms with Gasteiger partial charge in [-0.3, -0.25) is 14.4 Å². The summed E-state index contributed by atoms with van der Waals surface area (Å²) < 4.78 is 44.5. The van der Waals surface area contributed by atoms with Crippen LogP contribution in [0.15, 0.2) is 53.5 Å². The number of hydrogen-bond acceptors (Lipinski definition) is 5. The third kappa shape index (κ3) is 5.81. The molecular formula is C27H29F3N4O4. The zero-order chi connectivity index (χ0) is 27.4. The molecule has 0 radical (unpaired) electrons. The Balaban J connectivity index is 1.71. The first kappa shape index (κ1) is 27.2. The number of amides is 3. The van der Waals surface area contributed by atoms with Gasteiger partial charge < -0.3 is 20.7 Å². The molecule has 8 nitrogen and oxygen atoms in total. The molecular weight excluding hydrogens is 501 g/mol. The zero-order valence-electron chi connectivity index (χ0n) is 20.8. The van der Waals surface area contributed by atoms with Gasteiger partial charge >= 0.3 is 6.18 Å². The minimum absolute atomic E-state index is 0.120. The van der Waals surface area contributed by atoms with Crippen molar-refractivity contribution in [2.75, 3.05) is 18.1 Å². The SMILES string of the molecule is CCC[C@H](C(=O)N[C@H]1N=C(c2ccccc2)c2cccc3c2N(CCO3)C1=O)[C@@H](CCC(F)(F)F)C(N)=O. The maximum atomic E-state index is 13.7. The molecule has 202 valence electrons. The smallest absolute Gasteiger partial charge is 0.389 e. The van der Waals surface area contributed by atoms with Gasteiger partial charge in [-0.2, -0.15) is 13.2 Å². The summed E-state index contributed by atoms with van der Waals surface area (Å²) in [6.45, 7) is 2.21. The van der Waals surface area contributed by atoms with Crippen molar-refractivity contribution in [2.24, 2.45) is 22.6 Å². The Morgan fingerprint density at radius 2 is 1.87 bits per heavy atom. The lowest BCUT2D eigenvalue weighted by molar-refractivity contribution is -0.146. The predicted octanol–water partition coefficient (Wildman–Crippen LogP) is 3.57. The van der Waals surface area contributed by atoms with Crippen molar-refractivity contribution in [1.82, 2.24) is 5.32 Å². The fourth-order valence-electron chi connectivity index (χ4n) is 4.94. The van der Waals surface area contributed by atoms with Crippen molar-refractivity contribution in [1.29, 1.82) is 0 Å². The van der Waals surface area contributed by atoms with Gasteiger partial charge in [0.25, 0.3) is 5.91 Å². The van der Waals surface area contributed by atoms with Crippen LogP contribution in [0.25, 0.3) is 0 Å². The summed E-state index contributed by atoms with van der Waals surface area (Å²) in [4.78, 5) is 45.4. The van der Waals surface area contributed by atoms with Crippen LogP contribution in [-0.2, 0) is 14.4 Å². The molecule has 11 heteroatoms. The average Bonchev–Trinajstić information content (AvgIpc) is 3.00. The maximum Gasteiger partial charge on any atom is 0.389 e. The van der Waals surface area contributed by atoms with Gasteiger partial charge in [-0.05, 0) is 18.9 Å². The number of primary amides is 1. The summed E-state index contributed by atoms with van der Waals surface area (Å²) in [6.07, 6.45) is -7.21. The molecule has 0 fully saturated rings. The Morgan fingerprint density at radius 3 is 2.53 bits per heavy atom. The molecule has 0 spiro atoms. The summed E-state index contributed by atoms with van der Waals surface area (Å²) in [7, 11) is 0. The molecule has 0 saturated carbocycles. The highest BCUT2D eigenvalue weighted by Gasteiger charge is 2.40. The van der Waals surface area contributed by atoms with E-state index in [9.17, 15) is 27.6 Å². The summed E-state index contributed by atoms with van der Waals surface area (Å²) >= 11 is 0. The third-order valence-corrected chi connectivity index (χ3v) is 6.71. The van der Waals surface area contributed by atoms with Gasteiger partial charge in [-0.1, -0.05) is 55.8 Å². The quantitative estimate of drug-likeness (QED) is 0.516. The number of ether oxygens (including phenoxy) is 1. The number of aliphatic imine (C=N–C) groups is 1. The molecule has 38 heavy (non-hydrogen) atoms. The molecule has 0 aliphatic carbocycles. The number of benzene rings is 2. The van der Waals surface area contributed by atoms with Gasteiger partial charge in [0.05, 0.1) is 17.9 Å². The first-order valence-corrected chi connectivity index (χ1v) is 12.5. The standard InChI is InChI=1S/C27H29F3N4O4/c1-2-7-18(17(23(31)35)12-13-27(28,29)30)25(36)33-24-26(37)34-14-15-38-20-11-6-10-19(22(20)34)21(32-24)16-8-4-3-5-9-16/h3-6,8-11,17-18,24H,2,7,12-15H2,1H3,(H2,31,35)(H,33,36)/t17-,18+,24-/m1/s1. The molecule has 4 rings (SSSR count). The highest BCUT2D eigenvalue weighted by molar-refractivity contribution is 6.21. The number of alkyl halides is 3. The van der Waals surface area contributed by atoms with E-state index < -0.39 is 54.7 Å². The van der Waals surface area contributed by atoms with E-state index in [1.54, 1.807) is 19.1 Å². The number of halogens is 3. The van der Waals surface area contributed by atoms with E-state index in [-0.39, 0.29) is 19.6 Å². The topological polar surface area (TPSA) is 114 Å². The molecule has 0 saturated heterocycles. The second-order valence-electron chi connectivity index (χ2n) is 9.30. The number of para-hydroxylation sites is 1. The molecule has 3 amide bonds. The summed E-state index contributed by atoms with van der Waals surface area (Å²) in [6, 6.07) is 14.5. The van der Waals surface area contributed by atoms with E-state index in [4.69, 9.17) is 10.5 Å². The molecule has 2 heterocycles. The van der Waals surface area contributed by atoms with Gasteiger partial charge in [0.15, 0.2) is 0 Å². The van der Waals surface area contributed by atoms with Crippen LogP contribution in [0.1, 0.15) is 43.7 Å². The monoisotopic (exact) mass is 530 g/mol. The predicted molar refractivity (Wildman–Crippen MR) is 135 cm³/mol. The highest BCUT2D eigenvalue weighted by atomic mass is 19.4. The van der Waals surface area contributed by atoms with Crippen LogP contribution in [-0.4, -0.2) is 48.9 Å². The van der Waals surface area contributed by atoms with Crippen LogP contribution < -0.4 is 20.7 Å². The summed E-state index contributed by atoms with van der Waals surface area (Å²) in [5.41, 5.74) is 7.77. The number of carbonyl (C=O) groups excluding carboxylic acids is 3. The Labute approximate surface area is 218 Å². The second kappa shape index (κ2) is 11.2. The summed E-state index contributed by atoms with van der Waals surface area (Å²) in [5, 5.41) is 2.62. The molecule has 2 aromatic carbocycles. The number of rotatable bonds is 9. The normalized spacial score (nSPS) is 18.4. The van der Waals surface area contributed by atoms with Crippen molar-refractivity contribution in [3.05, 3.63) is 59.7 Å². The first-order chi connectivity index (χ1) is 18.1. The second-order valence-corrected chi connectivity index (χ2v) is 9.30. The van der Waals surface area contributed by atoms with E-state index in [1.807, 2.05) is 36.4 Å². The fraction of sp³-hybridized carbons (Fsp3) is 0.407. The van der Waals surface area contributed by atoms with E-state index in [0.717, 1.165) is 0 Å². The van der Waals surface area contributed by atoms with Crippen molar-refractivity contribution < 1.29 is 32.3 Å². The lowest BCUT2D eigenvalue weighted by atomic mass is 9.83. The molecule has 3 N–H and O–H groups in total. The molecule has 2 aliphatic rings. The van der Waals surface area contributed by atoms with Gasteiger partial charge in [0.1, 0.15) is 12.4 Å². The van der Waals surface area contributed by atoms with Crippen molar-refractivity contribution in [2.45, 2.75) is 44.9 Å². The van der Waals surface area contributed by atoms with Crippen LogP contribution in [0.4, 0.5) is 18.9 Å². The van der Waals surface area contributed by atoms with E-state index in [2.05, 4.69) is 10.3 Å². The van der Waals surface area contributed by atoms with E-state index in [1.165, 1.54) is 4.90 Å². The molecule has 2 aromatic rings. The number of nitrogens with one attached hydrogen (secondary N) is 1. The maximum absolute atomic E-state index is 13.7. The number of carbonyl (C=O) groups is 3. The molecule has 2 aliphatic heterocycles. The minimum Gasteiger partial charge on any atom is -0.490 e. The lowest BCUT2D eigenvalue weighted by Crippen LogP contribution is -2.52. The van der Waals surface area contributed by atoms with Crippen LogP contribution in [0.2, 0.25) is 0 Å². The first-order valence-electron chi connectivity index (χ1n) is 12.5. The van der Waals surface area contributed by atoms with Gasteiger partial charge in [-0.25, -0.2) is 4.99 Å². The summed E-state index contributed by atoms with van der Waals surface area (Å²) in [5.74, 6) is -4.23. The van der Waals surface area contributed by atoms with Crippen molar-refractivity contribution in [3.8, 4) is 5.75 Å². The Morgan fingerprint density at radius 1 is 1.13 bits per heavy atom. The molecule has 0 bridgehead atoms. The number of anilines is 1. The van der Waals surface area contributed by atoms with Crippen molar-refractivity contribution >= 4 is 29.1 Å². The highest BCUT2D eigenvalue weighted by Crippen LogP contribution is 2.38. The fourth-order valence-corrected chi connectivity index (χ4v) is 4.94. The lowest BCUT2D eigenvalue weighted by Gasteiger charge is -2.31. The largest absolute Gasteiger partial charge is 0.490 e. The Bertz CT molecular complexity index is 1230. The molecule has 0 aromatic heterocycles. The van der Waals surface area contributed by atoms with Gasteiger partial charge in [0, 0.05) is 29.4 Å². The number of nitrogens with two attached hydrogens (primary N) is 1. The van der Waals surface area contributed by atoms with E-state index in [0.29, 0.717) is 34.7 Å². The number of nitrogens with zero attached hydrogens (tertiary/aromatic N) is 2. The van der Waals surface area contributed by atoms with Crippen LogP contribution in [0, 0.1) is 11.8 Å².